The van der Waals surface area contributed by atoms with Crippen molar-refractivity contribution in [1.29, 1.82) is 0 Å². The van der Waals surface area contributed by atoms with Gasteiger partial charge in [-0.05, 0) is 30.0 Å². The summed E-state index contributed by atoms with van der Waals surface area (Å²) in [6.07, 6.45) is 2.46. The number of aliphatic hydroxyl groups is 1. The number of aromatic amines is 1. The largest absolute Gasteiger partial charge is 0.392 e. The monoisotopic (exact) mass is 474 g/mol. The van der Waals surface area contributed by atoms with Gasteiger partial charge in [-0.15, -0.1) is 22.7 Å². The van der Waals surface area contributed by atoms with Crippen LogP contribution < -0.4 is 4.31 Å². The smallest absolute Gasteiger partial charge is 0.273 e. The van der Waals surface area contributed by atoms with Crippen molar-refractivity contribution < 1.29 is 13.5 Å². The molecule has 31 heavy (non-hydrogen) atoms. The molecular formula is C21H22N4O3S3. The fourth-order valence-corrected chi connectivity index (χ4v) is 7.17. The van der Waals surface area contributed by atoms with Gasteiger partial charge in [-0.3, -0.25) is 9.21 Å². The molecule has 5 rings (SSSR count). The third-order valence-electron chi connectivity index (χ3n) is 5.49. The number of benzene rings is 1. The van der Waals surface area contributed by atoms with E-state index in [9.17, 15) is 13.5 Å². The summed E-state index contributed by atoms with van der Waals surface area (Å²) in [5, 5.41) is 13.3. The molecule has 0 amide bonds. The maximum absolute atomic E-state index is 13.0. The van der Waals surface area contributed by atoms with Gasteiger partial charge in [0.1, 0.15) is 9.22 Å². The Morgan fingerprint density at radius 2 is 2.19 bits per heavy atom. The van der Waals surface area contributed by atoms with Gasteiger partial charge in [0.2, 0.25) is 0 Å². The van der Waals surface area contributed by atoms with Crippen LogP contribution in [-0.4, -0.2) is 54.6 Å². The number of para-hydroxylation sites is 1. The van der Waals surface area contributed by atoms with E-state index in [4.69, 9.17) is 0 Å². The molecule has 1 saturated heterocycles. The highest BCUT2D eigenvalue weighted by Gasteiger charge is 2.25. The fourth-order valence-electron chi connectivity index (χ4n) is 3.87. The number of anilines is 1. The van der Waals surface area contributed by atoms with E-state index in [1.807, 2.05) is 24.4 Å². The number of hydrogen-bond acceptors (Lipinski definition) is 7. The average molecular weight is 475 g/mol. The summed E-state index contributed by atoms with van der Waals surface area (Å²) >= 11 is 2.82. The Bertz CT molecular complexity index is 1310. The lowest BCUT2D eigenvalue weighted by Crippen LogP contribution is -2.26. The van der Waals surface area contributed by atoms with Crippen molar-refractivity contribution >= 4 is 49.3 Å². The maximum atomic E-state index is 13.0. The number of β-amino-alcohol motifs (C(OH)–C–C–N with tert-alkyl or cyclic N) is 1. The molecular weight excluding hydrogens is 452 g/mol. The Balaban J connectivity index is 1.45. The standard InChI is InChI=1S/C21H22N4O3S3/c1-24(31(27,28)19-6-3-9-29-19)18-5-2-4-14-10-17(23-20(14)18)21-22-11-16(30-21)13-25-8-7-15(26)12-25/h2-6,9-11,15,23,26H,7-8,12-13H2,1H3. The molecule has 0 radical (unpaired) electrons. The molecule has 0 aliphatic carbocycles. The van der Waals surface area contributed by atoms with Crippen molar-refractivity contribution in [2.45, 2.75) is 23.3 Å². The number of rotatable bonds is 6. The van der Waals surface area contributed by atoms with E-state index in [1.165, 1.54) is 15.6 Å². The molecule has 10 heteroatoms. The van der Waals surface area contributed by atoms with Crippen molar-refractivity contribution in [2.75, 3.05) is 24.4 Å². The van der Waals surface area contributed by atoms with Crippen LogP contribution in [0.15, 0.2) is 52.2 Å². The molecule has 0 saturated carbocycles. The quantitative estimate of drug-likeness (QED) is 0.444. The van der Waals surface area contributed by atoms with Crippen LogP contribution in [0.1, 0.15) is 11.3 Å². The van der Waals surface area contributed by atoms with Crippen LogP contribution in [-0.2, 0) is 16.6 Å². The number of thiazole rings is 1. The zero-order valence-electron chi connectivity index (χ0n) is 16.9. The molecule has 1 unspecified atom stereocenters. The molecule has 4 aromatic rings. The number of sulfonamides is 1. The first kappa shape index (κ1) is 20.7. The van der Waals surface area contributed by atoms with Crippen LogP contribution in [0.25, 0.3) is 21.6 Å². The number of H-pyrrole nitrogens is 1. The molecule has 1 atom stereocenters. The number of aromatic nitrogens is 2. The number of thiophene rings is 1. The van der Waals surface area contributed by atoms with E-state index in [-0.39, 0.29) is 6.10 Å². The van der Waals surface area contributed by atoms with Crippen LogP contribution in [0, 0.1) is 0 Å². The van der Waals surface area contributed by atoms with Gasteiger partial charge in [0.15, 0.2) is 0 Å². The van der Waals surface area contributed by atoms with Gasteiger partial charge >= 0.3 is 0 Å². The molecule has 162 valence electrons. The predicted octanol–water partition coefficient (Wildman–Crippen LogP) is 3.74. The molecule has 1 aliphatic heterocycles. The molecule has 1 aromatic carbocycles. The van der Waals surface area contributed by atoms with Crippen molar-refractivity contribution in [3.8, 4) is 10.7 Å². The lowest BCUT2D eigenvalue weighted by molar-refractivity contribution is 0.175. The van der Waals surface area contributed by atoms with E-state index in [0.29, 0.717) is 16.4 Å². The topological polar surface area (TPSA) is 89.5 Å². The SMILES string of the molecule is CN(c1cccc2cc(-c3ncc(CN4CCC(O)C4)s3)[nH]c12)S(=O)(=O)c1cccs1. The second-order valence-electron chi connectivity index (χ2n) is 7.64. The summed E-state index contributed by atoms with van der Waals surface area (Å²) in [7, 11) is -2.04. The third-order valence-corrected chi connectivity index (χ3v) is 9.65. The van der Waals surface area contributed by atoms with Crippen molar-refractivity contribution in [3.05, 3.63) is 52.9 Å². The minimum Gasteiger partial charge on any atom is -0.392 e. The first-order valence-corrected chi connectivity index (χ1v) is 13.0. The average Bonchev–Trinajstić information content (AvgIpc) is 3.53. The van der Waals surface area contributed by atoms with Crippen LogP contribution in [0.2, 0.25) is 0 Å². The van der Waals surface area contributed by atoms with E-state index >= 15 is 0 Å². The zero-order valence-corrected chi connectivity index (χ0v) is 19.3. The summed E-state index contributed by atoms with van der Waals surface area (Å²) in [6, 6.07) is 11.0. The Labute approximate surface area is 188 Å². The maximum Gasteiger partial charge on any atom is 0.273 e. The molecule has 0 bridgehead atoms. The van der Waals surface area contributed by atoms with Crippen LogP contribution in [0.5, 0.6) is 0 Å². The van der Waals surface area contributed by atoms with Gasteiger partial charge < -0.3 is 10.1 Å². The minimum atomic E-state index is -3.62. The Morgan fingerprint density at radius 3 is 2.94 bits per heavy atom. The van der Waals surface area contributed by atoms with Crippen molar-refractivity contribution in [1.82, 2.24) is 14.9 Å². The van der Waals surface area contributed by atoms with Crippen LogP contribution in [0.4, 0.5) is 5.69 Å². The van der Waals surface area contributed by atoms with E-state index in [0.717, 1.165) is 46.0 Å². The number of likely N-dealkylation sites (tertiary alicyclic amines) is 1. The lowest BCUT2D eigenvalue weighted by Gasteiger charge is -2.19. The predicted molar refractivity (Wildman–Crippen MR) is 125 cm³/mol. The van der Waals surface area contributed by atoms with Crippen molar-refractivity contribution in [3.63, 3.8) is 0 Å². The number of fused-ring (bicyclic) bond motifs is 1. The molecule has 1 fully saturated rings. The van der Waals surface area contributed by atoms with Gasteiger partial charge in [0.05, 0.1) is 23.0 Å². The summed E-state index contributed by atoms with van der Waals surface area (Å²) in [5.74, 6) is 0. The number of aliphatic hydroxyl groups excluding tert-OH is 1. The third kappa shape index (κ3) is 3.90. The highest BCUT2D eigenvalue weighted by Crippen LogP contribution is 2.35. The highest BCUT2D eigenvalue weighted by molar-refractivity contribution is 7.94. The first-order chi connectivity index (χ1) is 14.9. The second-order valence-corrected chi connectivity index (χ2v) is 11.9. The molecule has 0 spiro atoms. The number of nitrogens with zero attached hydrogens (tertiary/aromatic N) is 3. The van der Waals surface area contributed by atoms with E-state index in [2.05, 4.69) is 14.9 Å². The highest BCUT2D eigenvalue weighted by atomic mass is 32.2. The van der Waals surface area contributed by atoms with Crippen LogP contribution in [0.3, 0.4) is 0 Å². The number of nitrogens with one attached hydrogen (secondary N) is 1. The van der Waals surface area contributed by atoms with Gasteiger partial charge in [-0.1, -0.05) is 18.2 Å². The lowest BCUT2D eigenvalue weighted by atomic mass is 10.2. The summed E-state index contributed by atoms with van der Waals surface area (Å²) in [6.45, 7) is 2.38. The molecule has 1 aliphatic rings. The van der Waals surface area contributed by atoms with Crippen LogP contribution >= 0.6 is 22.7 Å². The number of hydrogen-bond donors (Lipinski definition) is 2. The first-order valence-electron chi connectivity index (χ1n) is 9.91. The molecule has 2 N–H and O–H groups in total. The Morgan fingerprint density at radius 1 is 1.32 bits per heavy atom. The van der Waals surface area contributed by atoms with E-state index in [1.54, 1.807) is 42.0 Å². The Kier molecular flexibility index (Phi) is 5.35. The van der Waals surface area contributed by atoms with Gasteiger partial charge in [-0.25, -0.2) is 13.4 Å². The zero-order chi connectivity index (χ0) is 21.6. The molecule has 3 aromatic heterocycles. The minimum absolute atomic E-state index is 0.234. The normalized spacial score (nSPS) is 17.5. The molecule has 7 nitrogen and oxygen atoms in total. The van der Waals surface area contributed by atoms with E-state index < -0.39 is 10.0 Å². The van der Waals surface area contributed by atoms with Gasteiger partial charge in [-0.2, -0.15) is 0 Å². The second kappa shape index (κ2) is 8.03. The summed E-state index contributed by atoms with van der Waals surface area (Å²) in [5.41, 5.74) is 2.22. The van der Waals surface area contributed by atoms with Crippen molar-refractivity contribution in [2.24, 2.45) is 0 Å². The Hall–Kier alpha value is -2.24. The summed E-state index contributed by atoms with van der Waals surface area (Å²) in [4.78, 5) is 11.3. The van der Waals surface area contributed by atoms with Gasteiger partial charge in [0, 0.05) is 43.1 Å². The fraction of sp³-hybridized carbons (Fsp3) is 0.286. The van der Waals surface area contributed by atoms with Gasteiger partial charge in [0.25, 0.3) is 10.0 Å². The molecule has 4 heterocycles. The summed E-state index contributed by atoms with van der Waals surface area (Å²) < 4.78 is 27.6.